The predicted octanol–water partition coefficient (Wildman–Crippen LogP) is 2.35. The summed E-state index contributed by atoms with van der Waals surface area (Å²) in [5.74, 6) is 0.599. The van der Waals surface area contributed by atoms with Crippen molar-refractivity contribution in [1.82, 2.24) is 9.78 Å². The van der Waals surface area contributed by atoms with Gasteiger partial charge in [-0.2, -0.15) is 5.10 Å². The summed E-state index contributed by atoms with van der Waals surface area (Å²) < 4.78 is 1.56. The highest BCUT2D eigenvalue weighted by Gasteiger charge is 2.24. The van der Waals surface area contributed by atoms with Crippen LogP contribution in [-0.4, -0.2) is 25.9 Å². The molecular weight excluding hydrogens is 246 g/mol. The van der Waals surface area contributed by atoms with Crippen LogP contribution >= 0.6 is 0 Å². The number of aromatic nitrogens is 2. The molecule has 1 atom stereocenters. The molecule has 106 valence electrons. The lowest BCUT2D eigenvalue weighted by atomic mass is 10.0. The molecule has 0 saturated heterocycles. The van der Waals surface area contributed by atoms with Gasteiger partial charge < -0.3 is 5.11 Å². The van der Waals surface area contributed by atoms with Gasteiger partial charge in [0.05, 0.1) is 17.6 Å². The molecule has 6 nitrogen and oxygen atoms in total. The van der Waals surface area contributed by atoms with Crippen molar-refractivity contribution < 1.29 is 10.0 Å². The molecule has 0 spiro atoms. The molecule has 1 N–H and O–H groups in total. The van der Waals surface area contributed by atoms with Gasteiger partial charge >= 0.3 is 5.69 Å². The molecule has 0 amide bonds. The molecule has 0 bridgehead atoms. The summed E-state index contributed by atoms with van der Waals surface area (Å²) in [4.78, 5) is 10.5. The molecule has 1 aliphatic rings. The highest BCUT2D eigenvalue weighted by Crippen LogP contribution is 2.29. The monoisotopic (exact) mass is 267 g/mol. The van der Waals surface area contributed by atoms with E-state index in [1.165, 1.54) is 25.7 Å². The van der Waals surface area contributed by atoms with Crippen LogP contribution in [0.25, 0.3) is 0 Å². The largest absolute Gasteiger partial charge is 0.391 e. The SMILES string of the molecule is Cc1nn(CC(O)CC2CCCC2)c(C)c1[N+](=O)[O-]. The van der Waals surface area contributed by atoms with Gasteiger partial charge in [-0.1, -0.05) is 25.7 Å². The predicted molar refractivity (Wildman–Crippen MR) is 70.9 cm³/mol. The molecule has 2 rings (SSSR count). The van der Waals surface area contributed by atoms with Crippen LogP contribution in [0.3, 0.4) is 0 Å². The van der Waals surface area contributed by atoms with E-state index in [0.29, 0.717) is 23.9 Å². The van der Waals surface area contributed by atoms with Crippen LogP contribution in [0, 0.1) is 29.9 Å². The van der Waals surface area contributed by atoms with E-state index in [0.717, 1.165) is 6.42 Å². The fourth-order valence-electron chi connectivity index (χ4n) is 3.03. The topological polar surface area (TPSA) is 81.2 Å². The Morgan fingerprint density at radius 1 is 1.47 bits per heavy atom. The molecule has 6 heteroatoms. The van der Waals surface area contributed by atoms with Crippen molar-refractivity contribution in [2.24, 2.45) is 5.92 Å². The summed E-state index contributed by atoms with van der Waals surface area (Å²) in [6, 6.07) is 0. The first-order valence-electron chi connectivity index (χ1n) is 6.85. The minimum atomic E-state index is -0.472. The number of aryl methyl sites for hydroxylation is 1. The average molecular weight is 267 g/mol. The lowest BCUT2D eigenvalue weighted by molar-refractivity contribution is -0.386. The lowest BCUT2D eigenvalue weighted by Crippen LogP contribution is -2.20. The third kappa shape index (κ3) is 3.12. The molecule has 1 aromatic rings. The summed E-state index contributed by atoms with van der Waals surface area (Å²) in [6.07, 6.45) is 5.18. The molecule has 0 aromatic carbocycles. The van der Waals surface area contributed by atoms with E-state index >= 15 is 0 Å². The average Bonchev–Trinajstić information content (AvgIpc) is 2.88. The third-order valence-corrected chi connectivity index (χ3v) is 3.99. The van der Waals surface area contributed by atoms with E-state index in [1.807, 2.05) is 0 Å². The van der Waals surface area contributed by atoms with Crippen molar-refractivity contribution >= 4 is 5.69 Å². The first kappa shape index (κ1) is 14.0. The van der Waals surface area contributed by atoms with Gasteiger partial charge in [0.15, 0.2) is 0 Å². The van der Waals surface area contributed by atoms with E-state index < -0.39 is 11.0 Å². The highest BCUT2D eigenvalue weighted by molar-refractivity contribution is 5.39. The number of rotatable bonds is 5. The maximum absolute atomic E-state index is 10.9. The van der Waals surface area contributed by atoms with Crippen LogP contribution in [0.5, 0.6) is 0 Å². The van der Waals surface area contributed by atoms with Crippen LogP contribution in [0.2, 0.25) is 0 Å². The quantitative estimate of drug-likeness (QED) is 0.656. The van der Waals surface area contributed by atoms with Crippen LogP contribution in [0.4, 0.5) is 5.69 Å². The van der Waals surface area contributed by atoms with Crippen molar-refractivity contribution in [2.45, 2.75) is 58.6 Å². The summed E-state index contributed by atoms with van der Waals surface area (Å²) in [5.41, 5.74) is 0.997. The van der Waals surface area contributed by atoms with Crippen molar-refractivity contribution in [3.05, 3.63) is 21.5 Å². The molecule has 1 unspecified atom stereocenters. The molecule has 1 saturated carbocycles. The van der Waals surface area contributed by atoms with Gasteiger partial charge in [-0.05, 0) is 26.2 Å². The highest BCUT2D eigenvalue weighted by atomic mass is 16.6. The minimum absolute atomic E-state index is 0.0630. The molecular formula is C13H21N3O3. The summed E-state index contributed by atoms with van der Waals surface area (Å²) in [6.45, 7) is 3.66. The zero-order valence-corrected chi connectivity index (χ0v) is 11.5. The van der Waals surface area contributed by atoms with Gasteiger partial charge in [0.1, 0.15) is 11.4 Å². The Morgan fingerprint density at radius 3 is 2.63 bits per heavy atom. The third-order valence-electron chi connectivity index (χ3n) is 3.99. The fourth-order valence-corrected chi connectivity index (χ4v) is 3.03. The molecule has 0 radical (unpaired) electrons. The smallest absolute Gasteiger partial charge is 0.312 e. The lowest BCUT2D eigenvalue weighted by Gasteiger charge is -2.15. The zero-order valence-electron chi connectivity index (χ0n) is 11.5. The zero-order chi connectivity index (χ0) is 14.0. The van der Waals surface area contributed by atoms with Crippen molar-refractivity contribution in [3.8, 4) is 0 Å². The van der Waals surface area contributed by atoms with Crippen molar-refractivity contribution in [1.29, 1.82) is 0 Å². The van der Waals surface area contributed by atoms with Gasteiger partial charge in [0, 0.05) is 0 Å². The fraction of sp³-hybridized carbons (Fsp3) is 0.769. The number of nitrogens with zero attached hydrogens (tertiary/aromatic N) is 3. The molecule has 1 aliphatic carbocycles. The van der Waals surface area contributed by atoms with Gasteiger partial charge in [-0.25, -0.2) is 0 Å². The van der Waals surface area contributed by atoms with E-state index in [-0.39, 0.29) is 5.69 Å². The Labute approximate surface area is 112 Å². The van der Waals surface area contributed by atoms with Crippen molar-refractivity contribution in [3.63, 3.8) is 0 Å². The van der Waals surface area contributed by atoms with Gasteiger partial charge in [0.25, 0.3) is 0 Å². The Morgan fingerprint density at radius 2 is 2.11 bits per heavy atom. The molecule has 1 heterocycles. The van der Waals surface area contributed by atoms with Crippen LogP contribution in [0.1, 0.15) is 43.5 Å². The number of nitro groups is 1. The standard InChI is InChI=1S/C13H21N3O3/c1-9-13(16(18)19)10(2)15(14-9)8-12(17)7-11-5-3-4-6-11/h11-12,17H,3-8H2,1-2H3. The van der Waals surface area contributed by atoms with Gasteiger partial charge in [-0.3, -0.25) is 14.8 Å². The summed E-state index contributed by atoms with van der Waals surface area (Å²) in [7, 11) is 0. The Bertz CT molecular complexity index is 464. The van der Waals surface area contributed by atoms with E-state index in [1.54, 1.807) is 18.5 Å². The van der Waals surface area contributed by atoms with Crippen molar-refractivity contribution in [2.75, 3.05) is 0 Å². The van der Waals surface area contributed by atoms with E-state index in [9.17, 15) is 15.2 Å². The maximum atomic E-state index is 10.9. The summed E-state index contributed by atoms with van der Waals surface area (Å²) >= 11 is 0. The Kier molecular flexibility index (Phi) is 4.19. The van der Waals surface area contributed by atoms with E-state index in [2.05, 4.69) is 5.10 Å². The van der Waals surface area contributed by atoms with Crippen LogP contribution < -0.4 is 0 Å². The number of aliphatic hydroxyl groups excluding tert-OH is 1. The van der Waals surface area contributed by atoms with Gasteiger partial charge in [0.2, 0.25) is 0 Å². The number of aliphatic hydroxyl groups is 1. The second kappa shape index (κ2) is 5.69. The Hall–Kier alpha value is -1.43. The second-order valence-corrected chi connectivity index (χ2v) is 5.50. The maximum Gasteiger partial charge on any atom is 0.312 e. The van der Waals surface area contributed by atoms with Crippen LogP contribution in [-0.2, 0) is 6.54 Å². The molecule has 1 aromatic heterocycles. The Balaban J connectivity index is 2.02. The molecule has 0 aliphatic heterocycles. The van der Waals surface area contributed by atoms with E-state index in [4.69, 9.17) is 0 Å². The second-order valence-electron chi connectivity index (χ2n) is 5.50. The first-order chi connectivity index (χ1) is 8.99. The minimum Gasteiger partial charge on any atom is -0.391 e. The molecule has 1 fully saturated rings. The number of hydrogen-bond acceptors (Lipinski definition) is 4. The first-order valence-corrected chi connectivity index (χ1v) is 6.85. The molecule has 19 heavy (non-hydrogen) atoms. The van der Waals surface area contributed by atoms with Crippen LogP contribution in [0.15, 0.2) is 0 Å². The number of hydrogen-bond donors (Lipinski definition) is 1. The summed E-state index contributed by atoms with van der Waals surface area (Å²) in [5, 5.41) is 25.2. The van der Waals surface area contributed by atoms with Gasteiger partial charge in [-0.15, -0.1) is 0 Å². The normalized spacial score (nSPS) is 17.8.